The van der Waals surface area contributed by atoms with Gasteiger partial charge in [-0.05, 0) is 51.0 Å². The molecule has 0 bridgehead atoms. The van der Waals surface area contributed by atoms with Crippen molar-refractivity contribution in [3.8, 4) is 5.75 Å². The summed E-state index contributed by atoms with van der Waals surface area (Å²) in [7, 11) is -1.87. The van der Waals surface area contributed by atoms with Gasteiger partial charge in [0, 0.05) is 6.04 Å². The van der Waals surface area contributed by atoms with Crippen LogP contribution in [0.4, 0.5) is 0 Å². The predicted octanol–water partition coefficient (Wildman–Crippen LogP) is 2.00. The van der Waals surface area contributed by atoms with E-state index in [1.54, 1.807) is 40.0 Å². The number of benzene rings is 1. The molecular formula is C12H19NO3S. The van der Waals surface area contributed by atoms with Crippen LogP contribution in [-0.2, 0) is 10.0 Å². The number of hydrogen-bond donors (Lipinski definition) is 1. The minimum absolute atomic E-state index is 0.123. The molecular weight excluding hydrogens is 238 g/mol. The Labute approximate surface area is 103 Å². The number of nitrogens with one attached hydrogen (secondary N) is 1. The van der Waals surface area contributed by atoms with Gasteiger partial charge in [0.1, 0.15) is 5.75 Å². The molecule has 1 N–H and O–H groups in total. The van der Waals surface area contributed by atoms with Crippen LogP contribution in [0.15, 0.2) is 17.0 Å². The number of sulfonamides is 1. The van der Waals surface area contributed by atoms with Crippen molar-refractivity contribution in [2.75, 3.05) is 7.11 Å². The Kier molecular flexibility index (Phi) is 4.16. The Hall–Kier alpha value is -1.07. The van der Waals surface area contributed by atoms with E-state index in [0.29, 0.717) is 10.6 Å². The molecule has 0 radical (unpaired) electrons. The highest BCUT2D eigenvalue weighted by Crippen LogP contribution is 2.26. The average molecular weight is 257 g/mol. The van der Waals surface area contributed by atoms with Crippen LogP contribution in [0.2, 0.25) is 0 Å². The van der Waals surface area contributed by atoms with Crippen molar-refractivity contribution in [1.82, 2.24) is 4.72 Å². The molecule has 0 unspecified atom stereocenters. The van der Waals surface area contributed by atoms with Crippen molar-refractivity contribution in [3.63, 3.8) is 0 Å². The third-order valence-electron chi connectivity index (χ3n) is 2.59. The van der Waals surface area contributed by atoms with Crippen molar-refractivity contribution in [3.05, 3.63) is 23.3 Å². The zero-order valence-corrected chi connectivity index (χ0v) is 11.7. The summed E-state index contributed by atoms with van der Waals surface area (Å²) in [6, 6.07) is 3.13. The van der Waals surface area contributed by atoms with Gasteiger partial charge in [0.2, 0.25) is 10.0 Å². The van der Waals surface area contributed by atoms with E-state index in [0.717, 1.165) is 11.1 Å². The molecule has 0 spiro atoms. The molecule has 0 aliphatic carbocycles. The van der Waals surface area contributed by atoms with E-state index in [9.17, 15) is 8.42 Å². The van der Waals surface area contributed by atoms with Crippen molar-refractivity contribution >= 4 is 10.0 Å². The van der Waals surface area contributed by atoms with Crippen LogP contribution in [0.1, 0.15) is 25.0 Å². The smallest absolute Gasteiger partial charge is 0.241 e. The molecule has 0 aliphatic rings. The molecule has 0 saturated heterocycles. The summed E-state index contributed by atoms with van der Waals surface area (Å²) >= 11 is 0. The van der Waals surface area contributed by atoms with Crippen LogP contribution in [-0.4, -0.2) is 21.6 Å². The van der Waals surface area contributed by atoms with Gasteiger partial charge in [0.15, 0.2) is 0 Å². The van der Waals surface area contributed by atoms with Gasteiger partial charge in [0.05, 0.1) is 12.0 Å². The van der Waals surface area contributed by atoms with E-state index in [4.69, 9.17) is 4.74 Å². The second kappa shape index (κ2) is 5.06. The van der Waals surface area contributed by atoms with Gasteiger partial charge in [-0.1, -0.05) is 0 Å². The molecule has 1 aromatic rings. The highest BCUT2D eigenvalue weighted by molar-refractivity contribution is 7.89. The number of rotatable bonds is 4. The third-order valence-corrected chi connectivity index (χ3v) is 4.39. The lowest BCUT2D eigenvalue weighted by atomic mass is 10.1. The second-order valence-corrected chi connectivity index (χ2v) is 5.97. The Morgan fingerprint density at radius 3 is 2.24 bits per heavy atom. The normalized spacial score (nSPS) is 11.9. The molecule has 0 aromatic heterocycles. The van der Waals surface area contributed by atoms with Gasteiger partial charge in [-0.25, -0.2) is 13.1 Å². The van der Waals surface area contributed by atoms with Crippen LogP contribution in [0.3, 0.4) is 0 Å². The molecule has 17 heavy (non-hydrogen) atoms. The molecule has 1 aromatic carbocycles. The highest BCUT2D eigenvalue weighted by Gasteiger charge is 2.19. The van der Waals surface area contributed by atoms with Crippen molar-refractivity contribution < 1.29 is 13.2 Å². The zero-order chi connectivity index (χ0) is 13.2. The van der Waals surface area contributed by atoms with E-state index in [-0.39, 0.29) is 6.04 Å². The van der Waals surface area contributed by atoms with Gasteiger partial charge >= 0.3 is 0 Å². The van der Waals surface area contributed by atoms with Crippen LogP contribution in [0.5, 0.6) is 5.75 Å². The molecule has 0 saturated carbocycles. The summed E-state index contributed by atoms with van der Waals surface area (Å²) in [6.07, 6.45) is 0. The predicted molar refractivity (Wildman–Crippen MR) is 67.9 cm³/mol. The number of methoxy groups -OCH3 is 1. The first kappa shape index (κ1) is 14.0. The topological polar surface area (TPSA) is 55.4 Å². The van der Waals surface area contributed by atoms with Crippen molar-refractivity contribution in [2.24, 2.45) is 0 Å². The largest absolute Gasteiger partial charge is 0.496 e. The average Bonchev–Trinajstić information content (AvgIpc) is 2.19. The summed E-state index contributed by atoms with van der Waals surface area (Å²) in [4.78, 5) is 0.310. The maximum atomic E-state index is 12.1. The molecule has 0 atom stereocenters. The molecule has 0 aliphatic heterocycles. The monoisotopic (exact) mass is 257 g/mol. The summed E-state index contributed by atoms with van der Waals surface area (Å²) in [5.74, 6) is 0.700. The first-order valence-corrected chi connectivity index (χ1v) is 6.94. The molecule has 1 rings (SSSR count). The minimum atomic E-state index is -3.44. The fraction of sp³-hybridized carbons (Fsp3) is 0.500. The van der Waals surface area contributed by atoms with Crippen LogP contribution in [0.25, 0.3) is 0 Å². The molecule has 0 amide bonds. The number of ether oxygens (including phenoxy) is 1. The Morgan fingerprint density at radius 2 is 1.76 bits per heavy atom. The summed E-state index contributed by atoms with van der Waals surface area (Å²) in [5.41, 5.74) is 1.57. The van der Waals surface area contributed by atoms with Crippen molar-refractivity contribution in [2.45, 2.75) is 38.6 Å². The van der Waals surface area contributed by atoms with Gasteiger partial charge in [0.25, 0.3) is 0 Å². The maximum Gasteiger partial charge on any atom is 0.241 e. The van der Waals surface area contributed by atoms with Gasteiger partial charge in [-0.3, -0.25) is 0 Å². The first-order chi connectivity index (χ1) is 7.79. The van der Waals surface area contributed by atoms with Gasteiger partial charge < -0.3 is 4.74 Å². The Morgan fingerprint density at radius 1 is 1.18 bits per heavy atom. The van der Waals surface area contributed by atoms with Crippen molar-refractivity contribution in [1.29, 1.82) is 0 Å². The quantitative estimate of drug-likeness (QED) is 0.897. The molecule has 4 nitrogen and oxygen atoms in total. The molecule has 5 heteroatoms. The van der Waals surface area contributed by atoms with E-state index in [2.05, 4.69) is 4.72 Å². The standard InChI is InChI=1S/C12H19NO3S/c1-8(2)13-17(14,15)12-7-6-11(16-5)9(3)10(12)4/h6-8,13H,1-5H3. The zero-order valence-electron chi connectivity index (χ0n) is 10.9. The lowest BCUT2D eigenvalue weighted by Crippen LogP contribution is -2.30. The molecule has 0 heterocycles. The Bertz CT molecular complexity index is 507. The molecule has 0 fully saturated rings. The van der Waals surface area contributed by atoms with E-state index in [1.165, 1.54) is 0 Å². The van der Waals surface area contributed by atoms with Crippen LogP contribution < -0.4 is 9.46 Å². The lowest BCUT2D eigenvalue weighted by Gasteiger charge is -2.15. The maximum absolute atomic E-state index is 12.1. The van der Waals surface area contributed by atoms with Crippen LogP contribution >= 0.6 is 0 Å². The van der Waals surface area contributed by atoms with E-state index >= 15 is 0 Å². The lowest BCUT2D eigenvalue weighted by molar-refractivity contribution is 0.410. The second-order valence-electron chi connectivity index (χ2n) is 4.29. The minimum Gasteiger partial charge on any atom is -0.496 e. The van der Waals surface area contributed by atoms with Gasteiger partial charge in [-0.2, -0.15) is 0 Å². The highest BCUT2D eigenvalue weighted by atomic mass is 32.2. The first-order valence-electron chi connectivity index (χ1n) is 5.46. The third kappa shape index (κ3) is 2.98. The molecule has 96 valence electrons. The summed E-state index contributed by atoms with van der Waals surface area (Å²) < 4.78 is 31.9. The fourth-order valence-electron chi connectivity index (χ4n) is 1.66. The number of hydrogen-bond acceptors (Lipinski definition) is 3. The SMILES string of the molecule is COc1ccc(S(=O)(=O)NC(C)C)c(C)c1C. The van der Waals surface area contributed by atoms with Gasteiger partial charge in [-0.15, -0.1) is 0 Å². The van der Waals surface area contributed by atoms with Crippen LogP contribution in [0, 0.1) is 13.8 Å². The summed E-state index contributed by atoms with van der Waals surface area (Å²) in [6.45, 7) is 7.22. The van der Waals surface area contributed by atoms with E-state index < -0.39 is 10.0 Å². The fourth-order valence-corrected chi connectivity index (χ4v) is 3.21. The van der Waals surface area contributed by atoms with E-state index in [1.807, 2.05) is 6.92 Å². The Balaban J connectivity index is 3.30. The summed E-state index contributed by atoms with van der Waals surface area (Å²) in [5, 5.41) is 0.